The average Bonchev–Trinajstić information content (AvgIpc) is 2.80. The second-order valence-electron chi connectivity index (χ2n) is 3.23. The Labute approximate surface area is 93.4 Å². The molecule has 82 valence electrons. The van der Waals surface area contributed by atoms with Gasteiger partial charge in [-0.05, 0) is 12.1 Å². The molecular weight excluding hydrogens is 204 g/mol. The van der Waals surface area contributed by atoms with E-state index < -0.39 is 0 Å². The van der Waals surface area contributed by atoms with Crippen molar-refractivity contribution in [2.24, 2.45) is 0 Å². The van der Waals surface area contributed by atoms with E-state index in [9.17, 15) is 5.11 Å². The molecule has 16 heavy (non-hydrogen) atoms. The van der Waals surface area contributed by atoms with Crippen LogP contribution in [0.5, 0.6) is 5.75 Å². The fourth-order valence-electron chi connectivity index (χ4n) is 1.47. The van der Waals surface area contributed by atoms with Gasteiger partial charge in [-0.25, -0.2) is 4.98 Å². The number of rotatable bonds is 3. The Morgan fingerprint density at radius 3 is 2.88 bits per heavy atom. The Morgan fingerprint density at radius 1 is 1.44 bits per heavy atom. The molecule has 4 heteroatoms. The van der Waals surface area contributed by atoms with Gasteiger partial charge < -0.3 is 14.4 Å². The van der Waals surface area contributed by atoms with Crippen LogP contribution in [0.15, 0.2) is 49.2 Å². The second-order valence-corrected chi connectivity index (χ2v) is 3.23. The third-order valence-corrected chi connectivity index (χ3v) is 2.19. The maximum Gasteiger partial charge on any atom is 0.125 e. The van der Waals surface area contributed by atoms with Gasteiger partial charge >= 0.3 is 0 Å². The summed E-state index contributed by atoms with van der Waals surface area (Å²) in [6.07, 6.45) is 6.68. The highest BCUT2D eigenvalue weighted by molar-refractivity contribution is 5.69. The minimum absolute atomic E-state index is 0.208. The predicted molar refractivity (Wildman–Crippen MR) is 60.7 cm³/mol. The summed E-state index contributed by atoms with van der Waals surface area (Å²) in [5, 5.41) is 9.78. The topological polar surface area (TPSA) is 47.3 Å². The molecule has 0 spiro atoms. The summed E-state index contributed by atoms with van der Waals surface area (Å²) < 4.78 is 6.79. The maximum atomic E-state index is 9.78. The van der Waals surface area contributed by atoms with E-state index >= 15 is 0 Å². The quantitative estimate of drug-likeness (QED) is 0.799. The first kappa shape index (κ1) is 10.3. The van der Waals surface area contributed by atoms with Gasteiger partial charge in [0.1, 0.15) is 12.0 Å². The monoisotopic (exact) mass is 216 g/mol. The van der Waals surface area contributed by atoms with Crippen molar-refractivity contribution in [2.75, 3.05) is 7.11 Å². The molecular formula is C12H12N2O2. The molecule has 0 atom stereocenters. The van der Waals surface area contributed by atoms with Gasteiger partial charge in [0.25, 0.3) is 0 Å². The van der Waals surface area contributed by atoms with E-state index in [1.807, 2.05) is 12.1 Å². The fourth-order valence-corrected chi connectivity index (χ4v) is 1.47. The van der Waals surface area contributed by atoms with Gasteiger partial charge in [0.15, 0.2) is 0 Å². The number of aromatic nitrogens is 2. The van der Waals surface area contributed by atoms with Gasteiger partial charge in [-0.2, -0.15) is 0 Å². The standard InChI is InChI=1S/C12H12N2O2/c1-16-8-11(14-7-6-13-9-14)10-4-2-3-5-12(10)15/h2-9,15H,1H3. The van der Waals surface area contributed by atoms with Crippen molar-refractivity contribution < 1.29 is 9.84 Å². The molecule has 1 aromatic carbocycles. The highest BCUT2D eigenvalue weighted by Crippen LogP contribution is 2.25. The summed E-state index contributed by atoms with van der Waals surface area (Å²) in [4.78, 5) is 3.97. The van der Waals surface area contributed by atoms with Gasteiger partial charge in [0.2, 0.25) is 0 Å². The van der Waals surface area contributed by atoms with E-state index in [2.05, 4.69) is 4.98 Å². The SMILES string of the molecule is COC=C(c1ccccc1O)n1ccnc1. The zero-order valence-corrected chi connectivity index (χ0v) is 8.87. The molecule has 0 bridgehead atoms. The van der Waals surface area contributed by atoms with E-state index in [1.54, 1.807) is 48.8 Å². The fraction of sp³-hybridized carbons (Fsp3) is 0.0833. The lowest BCUT2D eigenvalue weighted by molar-refractivity contribution is 0.338. The summed E-state index contributed by atoms with van der Waals surface area (Å²) in [6, 6.07) is 7.09. The Balaban J connectivity index is 2.50. The lowest BCUT2D eigenvalue weighted by Crippen LogP contribution is -1.97. The summed E-state index contributed by atoms with van der Waals surface area (Å²) >= 11 is 0. The minimum Gasteiger partial charge on any atom is -0.507 e. The molecule has 0 fully saturated rings. The van der Waals surface area contributed by atoms with E-state index in [1.165, 1.54) is 0 Å². The first-order valence-electron chi connectivity index (χ1n) is 4.82. The molecule has 0 aliphatic heterocycles. The third-order valence-electron chi connectivity index (χ3n) is 2.19. The molecule has 1 N–H and O–H groups in total. The van der Waals surface area contributed by atoms with Crippen LogP contribution in [0, 0.1) is 0 Å². The zero-order valence-electron chi connectivity index (χ0n) is 8.87. The maximum absolute atomic E-state index is 9.78. The number of hydrogen-bond donors (Lipinski definition) is 1. The average molecular weight is 216 g/mol. The summed E-state index contributed by atoms with van der Waals surface area (Å²) in [6.45, 7) is 0. The molecule has 0 saturated carbocycles. The van der Waals surface area contributed by atoms with Crippen molar-refractivity contribution in [1.82, 2.24) is 9.55 Å². The van der Waals surface area contributed by atoms with Crippen molar-refractivity contribution in [2.45, 2.75) is 0 Å². The smallest absolute Gasteiger partial charge is 0.125 e. The molecule has 1 aromatic heterocycles. The number of nitrogens with zero attached hydrogens (tertiary/aromatic N) is 2. The second kappa shape index (κ2) is 4.53. The van der Waals surface area contributed by atoms with Crippen LogP contribution in [-0.2, 0) is 4.74 Å². The van der Waals surface area contributed by atoms with Gasteiger partial charge in [0, 0.05) is 18.0 Å². The van der Waals surface area contributed by atoms with Gasteiger partial charge in [-0.3, -0.25) is 0 Å². The third kappa shape index (κ3) is 1.91. The van der Waals surface area contributed by atoms with E-state index in [-0.39, 0.29) is 5.75 Å². The molecule has 1 heterocycles. The molecule has 0 aliphatic carbocycles. The lowest BCUT2D eigenvalue weighted by Gasteiger charge is -2.09. The number of imidazole rings is 1. The molecule has 0 amide bonds. The zero-order chi connectivity index (χ0) is 11.4. The number of phenols is 1. The molecule has 0 unspecified atom stereocenters. The van der Waals surface area contributed by atoms with Crippen molar-refractivity contribution in [3.05, 3.63) is 54.8 Å². The summed E-state index contributed by atoms with van der Waals surface area (Å²) in [5.41, 5.74) is 1.43. The van der Waals surface area contributed by atoms with Crippen LogP contribution in [0.25, 0.3) is 5.70 Å². The molecule has 0 saturated heterocycles. The van der Waals surface area contributed by atoms with Crippen molar-refractivity contribution in [3.63, 3.8) is 0 Å². The summed E-state index contributed by atoms with van der Waals surface area (Å²) in [5.74, 6) is 0.208. The van der Waals surface area contributed by atoms with Crippen LogP contribution >= 0.6 is 0 Å². The number of phenolic OH excluding ortho intramolecular Hbond substituents is 1. The molecule has 4 nitrogen and oxygen atoms in total. The first-order valence-corrected chi connectivity index (χ1v) is 4.82. The molecule has 0 aliphatic rings. The predicted octanol–water partition coefficient (Wildman–Crippen LogP) is 2.08. The normalized spacial score (nSPS) is 11.4. The van der Waals surface area contributed by atoms with Crippen molar-refractivity contribution in [3.8, 4) is 5.75 Å². The summed E-state index contributed by atoms with van der Waals surface area (Å²) in [7, 11) is 1.57. The number of para-hydroxylation sites is 1. The largest absolute Gasteiger partial charge is 0.507 e. The highest BCUT2D eigenvalue weighted by atomic mass is 16.5. The number of benzene rings is 1. The first-order chi connectivity index (χ1) is 7.83. The van der Waals surface area contributed by atoms with Crippen LogP contribution in [0.1, 0.15) is 5.56 Å². The molecule has 2 rings (SSSR count). The van der Waals surface area contributed by atoms with Crippen LogP contribution < -0.4 is 0 Å². The number of hydrogen-bond acceptors (Lipinski definition) is 3. The van der Waals surface area contributed by atoms with Crippen LogP contribution in [0.2, 0.25) is 0 Å². The van der Waals surface area contributed by atoms with Crippen LogP contribution in [0.4, 0.5) is 0 Å². The van der Waals surface area contributed by atoms with Crippen molar-refractivity contribution in [1.29, 1.82) is 0 Å². The Morgan fingerprint density at radius 2 is 2.25 bits per heavy atom. The van der Waals surface area contributed by atoms with E-state index in [0.29, 0.717) is 5.56 Å². The van der Waals surface area contributed by atoms with E-state index in [4.69, 9.17) is 4.74 Å². The number of methoxy groups -OCH3 is 1. The Kier molecular flexibility index (Phi) is 2.91. The van der Waals surface area contributed by atoms with Gasteiger partial charge in [-0.1, -0.05) is 12.1 Å². The van der Waals surface area contributed by atoms with Crippen LogP contribution in [-0.4, -0.2) is 21.8 Å². The number of ether oxygens (including phenoxy) is 1. The van der Waals surface area contributed by atoms with Gasteiger partial charge in [0.05, 0.1) is 19.1 Å². The highest BCUT2D eigenvalue weighted by Gasteiger charge is 2.08. The number of aromatic hydroxyl groups is 1. The molecule has 2 aromatic rings. The molecule has 0 radical (unpaired) electrons. The minimum atomic E-state index is 0.208. The van der Waals surface area contributed by atoms with Gasteiger partial charge in [-0.15, -0.1) is 0 Å². The lowest BCUT2D eigenvalue weighted by atomic mass is 10.1. The van der Waals surface area contributed by atoms with Crippen molar-refractivity contribution >= 4 is 5.70 Å². The Hall–Kier alpha value is -2.23. The Bertz CT molecular complexity index is 489. The van der Waals surface area contributed by atoms with E-state index in [0.717, 1.165) is 5.70 Å². The van der Waals surface area contributed by atoms with Crippen LogP contribution in [0.3, 0.4) is 0 Å².